The third-order valence-corrected chi connectivity index (χ3v) is 3.33. The van der Waals surface area contributed by atoms with E-state index in [9.17, 15) is 4.79 Å². The summed E-state index contributed by atoms with van der Waals surface area (Å²) in [6, 6.07) is 0. The molecule has 0 spiro atoms. The predicted octanol–water partition coefficient (Wildman–Crippen LogP) is 0.429. The summed E-state index contributed by atoms with van der Waals surface area (Å²) in [5, 5.41) is 2.81. The number of nitrogens with two attached hydrogens (primary N) is 1. The van der Waals surface area contributed by atoms with Gasteiger partial charge in [0.1, 0.15) is 0 Å². The average molecular weight is 227 g/mol. The second-order valence-electron chi connectivity index (χ2n) is 5.73. The Morgan fingerprint density at radius 2 is 2.19 bits per heavy atom. The van der Waals surface area contributed by atoms with Gasteiger partial charge in [0.15, 0.2) is 0 Å². The lowest BCUT2D eigenvalue weighted by atomic mass is 9.80. The third-order valence-electron chi connectivity index (χ3n) is 3.33. The Kier molecular flexibility index (Phi) is 4.74. The number of hydrogen-bond donors (Lipinski definition) is 2. The maximum absolute atomic E-state index is 11.5. The van der Waals surface area contributed by atoms with E-state index in [4.69, 9.17) is 5.73 Å². The second-order valence-corrected chi connectivity index (χ2v) is 5.73. The van der Waals surface area contributed by atoms with Crippen LogP contribution < -0.4 is 11.1 Å². The maximum Gasteiger partial charge on any atom is 0.234 e. The first-order chi connectivity index (χ1) is 7.43. The molecule has 94 valence electrons. The van der Waals surface area contributed by atoms with Gasteiger partial charge in [-0.1, -0.05) is 20.8 Å². The van der Waals surface area contributed by atoms with Crippen molar-refractivity contribution >= 4 is 5.91 Å². The molecule has 0 saturated carbocycles. The van der Waals surface area contributed by atoms with Crippen molar-refractivity contribution in [3.63, 3.8) is 0 Å². The van der Waals surface area contributed by atoms with E-state index in [1.165, 1.54) is 6.42 Å². The molecule has 1 rings (SSSR count). The molecule has 1 amide bonds. The number of carbonyl (C=O) groups excluding carboxylic acids is 1. The largest absolute Gasteiger partial charge is 0.354 e. The first-order valence-corrected chi connectivity index (χ1v) is 6.12. The van der Waals surface area contributed by atoms with Gasteiger partial charge in [-0.2, -0.15) is 0 Å². The smallest absolute Gasteiger partial charge is 0.234 e. The first kappa shape index (κ1) is 13.5. The van der Waals surface area contributed by atoms with Gasteiger partial charge >= 0.3 is 0 Å². The molecule has 16 heavy (non-hydrogen) atoms. The molecule has 1 atom stereocenters. The number of rotatable bonds is 4. The maximum atomic E-state index is 11.5. The predicted molar refractivity (Wildman–Crippen MR) is 66.1 cm³/mol. The van der Waals surface area contributed by atoms with Crippen LogP contribution in [-0.4, -0.2) is 43.5 Å². The van der Waals surface area contributed by atoms with E-state index < -0.39 is 0 Å². The molecular weight excluding hydrogens is 202 g/mol. The van der Waals surface area contributed by atoms with Crippen LogP contribution in [0.4, 0.5) is 0 Å². The Morgan fingerprint density at radius 1 is 1.50 bits per heavy atom. The monoisotopic (exact) mass is 227 g/mol. The number of carbonyl (C=O) groups is 1. The van der Waals surface area contributed by atoms with Gasteiger partial charge in [0.05, 0.1) is 6.54 Å². The van der Waals surface area contributed by atoms with Gasteiger partial charge in [0.25, 0.3) is 0 Å². The summed E-state index contributed by atoms with van der Waals surface area (Å²) in [6.45, 7) is 10.5. The Morgan fingerprint density at radius 3 is 2.69 bits per heavy atom. The highest BCUT2D eigenvalue weighted by Crippen LogP contribution is 2.33. The fraction of sp³-hybridized carbons (Fsp3) is 0.917. The minimum atomic E-state index is 0.0972. The van der Waals surface area contributed by atoms with E-state index in [-0.39, 0.29) is 5.91 Å². The first-order valence-electron chi connectivity index (χ1n) is 6.12. The molecule has 0 radical (unpaired) electrons. The Balaban J connectivity index is 2.29. The molecule has 1 unspecified atom stereocenters. The van der Waals surface area contributed by atoms with Crippen LogP contribution in [-0.2, 0) is 4.79 Å². The molecule has 0 aromatic carbocycles. The highest BCUT2D eigenvalue weighted by atomic mass is 16.2. The fourth-order valence-corrected chi connectivity index (χ4v) is 2.15. The highest BCUT2D eigenvalue weighted by molar-refractivity contribution is 5.78. The van der Waals surface area contributed by atoms with Crippen molar-refractivity contribution in [1.29, 1.82) is 0 Å². The standard InChI is InChI=1S/C12H25N3O/c1-12(2,3)10-4-7-15(8-10)9-11(16)14-6-5-13/h10H,4-9,13H2,1-3H3,(H,14,16). The zero-order valence-corrected chi connectivity index (χ0v) is 10.8. The molecule has 1 saturated heterocycles. The number of nitrogens with one attached hydrogen (secondary N) is 1. The fourth-order valence-electron chi connectivity index (χ4n) is 2.15. The highest BCUT2D eigenvalue weighted by Gasteiger charge is 2.32. The molecule has 1 fully saturated rings. The van der Waals surface area contributed by atoms with E-state index in [2.05, 4.69) is 31.0 Å². The van der Waals surface area contributed by atoms with E-state index in [1.807, 2.05) is 0 Å². The van der Waals surface area contributed by atoms with Gasteiger partial charge in [-0.25, -0.2) is 0 Å². The van der Waals surface area contributed by atoms with Crippen molar-refractivity contribution in [1.82, 2.24) is 10.2 Å². The molecule has 0 aromatic heterocycles. The van der Waals surface area contributed by atoms with Gasteiger partial charge in [0.2, 0.25) is 5.91 Å². The van der Waals surface area contributed by atoms with Crippen LogP contribution in [0.25, 0.3) is 0 Å². The summed E-state index contributed by atoms with van der Waals surface area (Å²) >= 11 is 0. The summed E-state index contributed by atoms with van der Waals surface area (Å²) < 4.78 is 0. The summed E-state index contributed by atoms with van der Waals surface area (Å²) in [5.41, 5.74) is 5.69. The molecule has 4 nitrogen and oxygen atoms in total. The zero-order valence-electron chi connectivity index (χ0n) is 10.8. The lowest BCUT2D eigenvalue weighted by molar-refractivity contribution is -0.122. The van der Waals surface area contributed by atoms with Gasteiger partial charge in [-0.3, -0.25) is 9.69 Å². The molecule has 0 aromatic rings. The van der Waals surface area contributed by atoms with Crippen LogP contribution in [0.15, 0.2) is 0 Å². The Labute approximate surface area is 98.6 Å². The normalized spacial score (nSPS) is 22.4. The van der Waals surface area contributed by atoms with Crippen LogP contribution in [0.3, 0.4) is 0 Å². The van der Waals surface area contributed by atoms with E-state index >= 15 is 0 Å². The minimum Gasteiger partial charge on any atom is -0.354 e. The van der Waals surface area contributed by atoms with Crippen LogP contribution >= 0.6 is 0 Å². The molecule has 0 aliphatic carbocycles. The summed E-state index contributed by atoms with van der Waals surface area (Å²) in [7, 11) is 0. The second kappa shape index (κ2) is 5.64. The van der Waals surface area contributed by atoms with E-state index in [1.54, 1.807) is 0 Å². The van der Waals surface area contributed by atoms with Crippen LogP contribution in [0, 0.1) is 11.3 Å². The Hall–Kier alpha value is -0.610. The number of nitrogens with zero attached hydrogens (tertiary/aromatic N) is 1. The van der Waals surface area contributed by atoms with Crippen molar-refractivity contribution in [2.45, 2.75) is 27.2 Å². The molecule has 3 N–H and O–H groups in total. The molecule has 4 heteroatoms. The molecular formula is C12H25N3O. The lowest BCUT2D eigenvalue weighted by Gasteiger charge is -2.27. The van der Waals surface area contributed by atoms with E-state index in [0.29, 0.717) is 31.0 Å². The summed E-state index contributed by atoms with van der Waals surface area (Å²) in [6.07, 6.45) is 1.20. The van der Waals surface area contributed by atoms with Crippen molar-refractivity contribution < 1.29 is 4.79 Å². The van der Waals surface area contributed by atoms with Crippen LogP contribution in [0.1, 0.15) is 27.2 Å². The summed E-state index contributed by atoms with van der Waals surface area (Å²) in [4.78, 5) is 13.7. The Bertz CT molecular complexity index is 235. The third kappa shape index (κ3) is 4.10. The average Bonchev–Trinajstić information content (AvgIpc) is 2.62. The van der Waals surface area contributed by atoms with Crippen molar-refractivity contribution in [3.05, 3.63) is 0 Å². The number of likely N-dealkylation sites (tertiary alicyclic amines) is 1. The van der Waals surface area contributed by atoms with Crippen LogP contribution in [0.2, 0.25) is 0 Å². The lowest BCUT2D eigenvalue weighted by Crippen LogP contribution is -2.38. The van der Waals surface area contributed by atoms with Gasteiger partial charge in [-0.15, -0.1) is 0 Å². The van der Waals surface area contributed by atoms with Gasteiger partial charge < -0.3 is 11.1 Å². The van der Waals surface area contributed by atoms with Crippen molar-refractivity contribution in [2.75, 3.05) is 32.7 Å². The van der Waals surface area contributed by atoms with E-state index in [0.717, 1.165) is 13.1 Å². The quantitative estimate of drug-likeness (QED) is 0.732. The zero-order chi connectivity index (χ0) is 12.2. The molecule has 1 aliphatic rings. The van der Waals surface area contributed by atoms with Gasteiger partial charge in [0, 0.05) is 19.6 Å². The molecule has 0 bridgehead atoms. The summed E-state index contributed by atoms with van der Waals surface area (Å²) in [5.74, 6) is 0.801. The molecule has 1 aliphatic heterocycles. The van der Waals surface area contributed by atoms with Crippen LogP contribution in [0.5, 0.6) is 0 Å². The van der Waals surface area contributed by atoms with Crippen molar-refractivity contribution in [2.24, 2.45) is 17.1 Å². The topological polar surface area (TPSA) is 58.4 Å². The SMILES string of the molecule is CC(C)(C)C1CCN(CC(=O)NCCN)C1. The minimum absolute atomic E-state index is 0.0972. The van der Waals surface area contributed by atoms with Gasteiger partial charge in [-0.05, 0) is 24.3 Å². The van der Waals surface area contributed by atoms with Crippen molar-refractivity contribution in [3.8, 4) is 0 Å². The molecule has 1 heterocycles. The number of hydrogen-bond acceptors (Lipinski definition) is 3. The number of amides is 1.